The molecule has 3 aromatic rings. The minimum absolute atomic E-state index is 0.212. The number of aryl methyl sites for hydroxylation is 2. The van der Waals surface area contributed by atoms with Crippen molar-refractivity contribution in [3.05, 3.63) is 69.9 Å². The number of hydrogen-bond acceptors (Lipinski definition) is 4. The van der Waals surface area contributed by atoms with Gasteiger partial charge in [0.1, 0.15) is 11.6 Å². The first kappa shape index (κ1) is 19.0. The first-order valence-electron chi connectivity index (χ1n) is 8.77. The van der Waals surface area contributed by atoms with Crippen molar-refractivity contribution in [3.63, 3.8) is 0 Å². The third-order valence-corrected chi connectivity index (χ3v) is 4.51. The van der Waals surface area contributed by atoms with E-state index in [1.807, 2.05) is 52.0 Å². The largest absolute Gasteiger partial charge is 0.306 e. The van der Waals surface area contributed by atoms with Crippen LogP contribution in [-0.4, -0.2) is 25.7 Å². The van der Waals surface area contributed by atoms with E-state index in [9.17, 15) is 4.79 Å². The van der Waals surface area contributed by atoms with Gasteiger partial charge in [-0.1, -0.05) is 37.6 Å². The van der Waals surface area contributed by atoms with E-state index in [1.54, 1.807) is 17.1 Å². The van der Waals surface area contributed by atoms with Crippen molar-refractivity contribution < 1.29 is 4.79 Å². The van der Waals surface area contributed by atoms with E-state index in [-0.39, 0.29) is 11.8 Å². The first-order chi connectivity index (χ1) is 12.8. The molecular formula is C20H22ClN5O. The molecule has 0 aliphatic carbocycles. The number of carbonyl (C=O) groups excluding carboxylic acids is 1. The average molecular weight is 384 g/mol. The number of rotatable bonds is 5. The molecule has 0 aliphatic rings. The van der Waals surface area contributed by atoms with Crippen LogP contribution >= 0.6 is 11.6 Å². The molecule has 0 radical (unpaired) electrons. The minimum Gasteiger partial charge on any atom is -0.306 e. The maximum Gasteiger partial charge on any atom is 0.260 e. The number of benzene rings is 1. The molecule has 0 saturated carbocycles. The van der Waals surface area contributed by atoms with Crippen LogP contribution in [0.3, 0.4) is 0 Å². The average Bonchev–Trinajstić information content (AvgIpc) is 2.96. The fourth-order valence-electron chi connectivity index (χ4n) is 2.69. The monoisotopic (exact) mass is 383 g/mol. The highest BCUT2D eigenvalue weighted by molar-refractivity contribution is 6.30. The van der Waals surface area contributed by atoms with Gasteiger partial charge in [-0.2, -0.15) is 5.10 Å². The van der Waals surface area contributed by atoms with Gasteiger partial charge in [0.15, 0.2) is 0 Å². The van der Waals surface area contributed by atoms with Crippen LogP contribution in [0.15, 0.2) is 36.7 Å². The molecule has 1 N–H and O–H groups in total. The number of nitrogens with one attached hydrogen (secondary N) is 1. The zero-order valence-corrected chi connectivity index (χ0v) is 16.6. The standard InChI is InChI=1S/C20H22ClN5O/c1-12(2)18-22-10-17(14(4)24-18)20(27)25-19-13(3)9-23-26(19)11-15-5-7-16(21)8-6-15/h5-10,12H,11H2,1-4H3,(H,25,27). The van der Waals surface area contributed by atoms with Gasteiger partial charge in [0.05, 0.1) is 24.0 Å². The van der Waals surface area contributed by atoms with Crippen LogP contribution in [0.4, 0.5) is 5.82 Å². The molecule has 0 bridgehead atoms. The van der Waals surface area contributed by atoms with E-state index < -0.39 is 0 Å². The number of hydrogen-bond donors (Lipinski definition) is 1. The number of carbonyl (C=O) groups is 1. The maximum absolute atomic E-state index is 12.8. The third-order valence-electron chi connectivity index (χ3n) is 4.26. The van der Waals surface area contributed by atoms with Crippen molar-refractivity contribution in [2.45, 2.75) is 40.2 Å². The van der Waals surface area contributed by atoms with Crippen molar-refractivity contribution in [2.24, 2.45) is 0 Å². The Morgan fingerprint density at radius 2 is 1.89 bits per heavy atom. The lowest BCUT2D eigenvalue weighted by atomic mass is 10.1. The fourth-order valence-corrected chi connectivity index (χ4v) is 2.81. The molecule has 7 heteroatoms. The number of aromatic nitrogens is 4. The summed E-state index contributed by atoms with van der Waals surface area (Å²) in [6.45, 7) is 8.30. The van der Waals surface area contributed by atoms with Crippen molar-refractivity contribution in [1.82, 2.24) is 19.7 Å². The molecule has 0 unspecified atom stereocenters. The van der Waals surface area contributed by atoms with Crippen molar-refractivity contribution in [3.8, 4) is 0 Å². The molecule has 1 amide bonds. The highest BCUT2D eigenvalue weighted by atomic mass is 35.5. The summed E-state index contributed by atoms with van der Waals surface area (Å²) in [6, 6.07) is 7.55. The van der Waals surface area contributed by atoms with Gasteiger partial charge in [0.2, 0.25) is 0 Å². The lowest BCUT2D eigenvalue weighted by Crippen LogP contribution is -2.19. The predicted molar refractivity (Wildman–Crippen MR) is 106 cm³/mol. The second-order valence-electron chi connectivity index (χ2n) is 6.80. The number of amides is 1. The van der Waals surface area contributed by atoms with Gasteiger partial charge in [-0.25, -0.2) is 14.6 Å². The van der Waals surface area contributed by atoms with Gasteiger partial charge in [0, 0.05) is 22.7 Å². The van der Waals surface area contributed by atoms with Gasteiger partial charge in [-0.15, -0.1) is 0 Å². The molecule has 1 aromatic carbocycles. The summed E-state index contributed by atoms with van der Waals surface area (Å²) in [5.41, 5.74) is 3.04. The van der Waals surface area contributed by atoms with Gasteiger partial charge < -0.3 is 5.32 Å². The second-order valence-corrected chi connectivity index (χ2v) is 7.23. The zero-order chi connectivity index (χ0) is 19.6. The summed E-state index contributed by atoms with van der Waals surface area (Å²) < 4.78 is 1.76. The lowest BCUT2D eigenvalue weighted by molar-refractivity contribution is 0.102. The van der Waals surface area contributed by atoms with Crippen LogP contribution in [-0.2, 0) is 6.54 Å². The molecule has 0 saturated heterocycles. The van der Waals surface area contributed by atoms with Crippen LogP contribution in [0.5, 0.6) is 0 Å². The number of nitrogens with zero attached hydrogens (tertiary/aromatic N) is 4. The van der Waals surface area contributed by atoms with E-state index in [2.05, 4.69) is 20.4 Å². The molecule has 0 aliphatic heterocycles. The van der Waals surface area contributed by atoms with E-state index in [0.29, 0.717) is 28.6 Å². The number of anilines is 1. The molecule has 2 aromatic heterocycles. The topological polar surface area (TPSA) is 72.7 Å². The van der Waals surface area contributed by atoms with Crippen molar-refractivity contribution in [2.75, 3.05) is 5.32 Å². The Morgan fingerprint density at radius 1 is 1.19 bits per heavy atom. The zero-order valence-electron chi connectivity index (χ0n) is 15.8. The van der Waals surface area contributed by atoms with Gasteiger partial charge >= 0.3 is 0 Å². The smallest absolute Gasteiger partial charge is 0.260 e. The minimum atomic E-state index is -0.247. The number of halogens is 1. The molecule has 140 valence electrons. The predicted octanol–water partition coefficient (Wildman–Crippen LogP) is 4.37. The Hall–Kier alpha value is -2.73. The summed E-state index contributed by atoms with van der Waals surface area (Å²) in [5.74, 6) is 1.35. The summed E-state index contributed by atoms with van der Waals surface area (Å²) in [5, 5.41) is 8.01. The normalized spacial score (nSPS) is 11.0. The first-order valence-corrected chi connectivity index (χ1v) is 9.14. The fraction of sp³-hybridized carbons (Fsp3) is 0.300. The van der Waals surface area contributed by atoms with Gasteiger partial charge in [-0.05, 0) is 31.5 Å². The summed E-state index contributed by atoms with van der Waals surface area (Å²) in [7, 11) is 0. The highest BCUT2D eigenvalue weighted by Crippen LogP contribution is 2.19. The second kappa shape index (κ2) is 7.88. The van der Waals surface area contributed by atoms with E-state index >= 15 is 0 Å². The molecule has 6 nitrogen and oxygen atoms in total. The Balaban J connectivity index is 1.82. The molecule has 0 atom stereocenters. The van der Waals surface area contributed by atoms with Crippen LogP contribution in [0.2, 0.25) is 5.02 Å². The van der Waals surface area contributed by atoms with Crippen LogP contribution < -0.4 is 5.32 Å². The highest BCUT2D eigenvalue weighted by Gasteiger charge is 2.17. The Labute approximate surface area is 163 Å². The summed E-state index contributed by atoms with van der Waals surface area (Å²) in [4.78, 5) is 21.5. The maximum atomic E-state index is 12.8. The van der Waals surface area contributed by atoms with Crippen molar-refractivity contribution >= 4 is 23.3 Å². The SMILES string of the molecule is Cc1cnn(Cc2ccc(Cl)cc2)c1NC(=O)c1cnc(C(C)C)nc1C. The van der Waals surface area contributed by atoms with E-state index in [1.165, 1.54) is 0 Å². The van der Waals surface area contributed by atoms with Gasteiger partial charge in [-0.3, -0.25) is 4.79 Å². The Kier molecular flexibility index (Phi) is 5.56. The van der Waals surface area contributed by atoms with E-state index in [4.69, 9.17) is 11.6 Å². The molecule has 3 rings (SSSR count). The Morgan fingerprint density at radius 3 is 2.52 bits per heavy atom. The van der Waals surface area contributed by atoms with Crippen LogP contribution in [0.25, 0.3) is 0 Å². The van der Waals surface area contributed by atoms with Crippen LogP contribution in [0.1, 0.15) is 52.8 Å². The van der Waals surface area contributed by atoms with E-state index in [0.717, 1.165) is 17.0 Å². The summed E-state index contributed by atoms with van der Waals surface area (Å²) >= 11 is 5.94. The molecule has 0 fully saturated rings. The summed E-state index contributed by atoms with van der Waals surface area (Å²) in [6.07, 6.45) is 3.32. The molecule has 2 heterocycles. The Bertz CT molecular complexity index is 963. The van der Waals surface area contributed by atoms with Crippen LogP contribution in [0, 0.1) is 13.8 Å². The lowest BCUT2D eigenvalue weighted by Gasteiger charge is -2.12. The molecule has 0 spiro atoms. The van der Waals surface area contributed by atoms with Gasteiger partial charge in [0.25, 0.3) is 5.91 Å². The molecule has 27 heavy (non-hydrogen) atoms. The quantitative estimate of drug-likeness (QED) is 0.710. The van der Waals surface area contributed by atoms with Crippen molar-refractivity contribution in [1.29, 1.82) is 0 Å². The third kappa shape index (κ3) is 4.34. The molecular weight excluding hydrogens is 362 g/mol.